The fourth-order valence-corrected chi connectivity index (χ4v) is 5.86. The molecule has 2 aliphatic heterocycles. The predicted molar refractivity (Wildman–Crippen MR) is 153 cm³/mol. The Morgan fingerprint density at radius 1 is 0.605 bits per heavy atom. The second kappa shape index (κ2) is 14.1. The molecule has 8 nitrogen and oxygen atoms in total. The van der Waals surface area contributed by atoms with Crippen molar-refractivity contribution in [2.24, 2.45) is 9.98 Å². The minimum atomic E-state index is -0.216. The van der Waals surface area contributed by atoms with E-state index in [4.69, 9.17) is 0 Å². The Bertz CT molecular complexity index is 1120. The Kier molecular flexibility index (Phi) is 10.3. The first-order valence-electron chi connectivity index (χ1n) is 12.8. The average Bonchev–Trinajstić information content (AvgIpc) is 3.47. The average molecular weight is 551 g/mol. The summed E-state index contributed by atoms with van der Waals surface area (Å²) < 4.78 is 0. The van der Waals surface area contributed by atoms with Crippen LogP contribution in [0.15, 0.2) is 70.6 Å². The summed E-state index contributed by atoms with van der Waals surface area (Å²) in [5, 5.41) is 0.894. The molecule has 4 rings (SSSR count). The second-order valence-electron chi connectivity index (χ2n) is 8.90. The lowest BCUT2D eigenvalue weighted by molar-refractivity contribution is -0.139. The standard InChI is InChI=1S/C28H30N4O4S2/c33-23(31-25(35)19-37-27(31)29-21-13-7-5-8-14-21)17-11-3-1-2-4-12-18-24(34)32-26(36)20-38-28(32)30-22-15-9-6-10-16-22/h5-10,13-16H,1-4,11-12,17-20H2. The van der Waals surface area contributed by atoms with E-state index < -0.39 is 0 Å². The summed E-state index contributed by atoms with van der Waals surface area (Å²) in [6.45, 7) is 0. The highest BCUT2D eigenvalue weighted by molar-refractivity contribution is 8.15. The fourth-order valence-electron chi connectivity index (χ4n) is 4.09. The smallest absolute Gasteiger partial charge is 0.245 e. The van der Waals surface area contributed by atoms with Gasteiger partial charge in [0.05, 0.1) is 22.9 Å². The van der Waals surface area contributed by atoms with Crippen LogP contribution >= 0.6 is 23.5 Å². The maximum atomic E-state index is 12.7. The van der Waals surface area contributed by atoms with Gasteiger partial charge in [-0.15, -0.1) is 0 Å². The molecule has 2 aromatic carbocycles. The Labute approximate surface area is 231 Å². The van der Waals surface area contributed by atoms with Gasteiger partial charge in [0.2, 0.25) is 23.6 Å². The number of benzene rings is 2. The molecule has 0 spiro atoms. The number of rotatable bonds is 11. The molecular formula is C28H30N4O4S2. The number of amides is 4. The van der Waals surface area contributed by atoms with Crippen LogP contribution in [0.3, 0.4) is 0 Å². The molecule has 198 valence electrons. The van der Waals surface area contributed by atoms with Crippen LogP contribution < -0.4 is 0 Å². The molecule has 0 saturated carbocycles. The Morgan fingerprint density at radius 2 is 0.974 bits per heavy atom. The lowest BCUT2D eigenvalue weighted by Crippen LogP contribution is -2.35. The van der Waals surface area contributed by atoms with Gasteiger partial charge < -0.3 is 0 Å². The van der Waals surface area contributed by atoms with E-state index in [-0.39, 0.29) is 35.1 Å². The Morgan fingerprint density at radius 3 is 1.37 bits per heavy atom. The number of aliphatic imine (C=N–C) groups is 2. The maximum Gasteiger partial charge on any atom is 0.245 e. The SMILES string of the molecule is O=C(CCCCCCCCC(=O)N1C(=O)CSC1=Nc1ccccc1)N1C(=O)CSC1=Nc1ccccc1. The van der Waals surface area contributed by atoms with Gasteiger partial charge in [-0.25, -0.2) is 19.8 Å². The quantitative estimate of drug-likeness (QED) is 0.334. The summed E-state index contributed by atoms with van der Waals surface area (Å²) in [6, 6.07) is 18.6. The van der Waals surface area contributed by atoms with Crippen molar-refractivity contribution >= 4 is 68.9 Å². The van der Waals surface area contributed by atoms with Crippen molar-refractivity contribution in [1.82, 2.24) is 9.80 Å². The third-order valence-corrected chi connectivity index (χ3v) is 7.87. The number of hydrogen-bond donors (Lipinski definition) is 0. The zero-order chi connectivity index (χ0) is 26.7. The number of para-hydroxylation sites is 2. The highest BCUT2D eigenvalue weighted by atomic mass is 32.2. The van der Waals surface area contributed by atoms with Gasteiger partial charge in [0.1, 0.15) is 0 Å². The first-order chi connectivity index (χ1) is 18.5. The van der Waals surface area contributed by atoms with Crippen LogP contribution in [-0.4, -0.2) is 55.3 Å². The molecule has 0 unspecified atom stereocenters. The molecule has 4 amide bonds. The maximum absolute atomic E-state index is 12.7. The summed E-state index contributed by atoms with van der Waals surface area (Å²) in [7, 11) is 0. The van der Waals surface area contributed by atoms with Gasteiger partial charge >= 0.3 is 0 Å². The fraction of sp³-hybridized carbons (Fsp3) is 0.357. The van der Waals surface area contributed by atoms with E-state index >= 15 is 0 Å². The lowest BCUT2D eigenvalue weighted by atomic mass is 10.1. The van der Waals surface area contributed by atoms with Crippen LogP contribution in [-0.2, 0) is 19.2 Å². The number of carbonyl (C=O) groups is 4. The van der Waals surface area contributed by atoms with E-state index in [0.717, 1.165) is 25.7 Å². The molecule has 0 aromatic heterocycles. The zero-order valence-corrected chi connectivity index (χ0v) is 22.7. The van der Waals surface area contributed by atoms with Crippen molar-refractivity contribution in [2.75, 3.05) is 11.5 Å². The van der Waals surface area contributed by atoms with E-state index in [9.17, 15) is 19.2 Å². The van der Waals surface area contributed by atoms with Crippen LogP contribution in [0.2, 0.25) is 0 Å². The summed E-state index contributed by atoms with van der Waals surface area (Å²) in [5.74, 6) is -0.380. The van der Waals surface area contributed by atoms with Crippen LogP contribution in [0.5, 0.6) is 0 Å². The largest absolute Gasteiger partial charge is 0.274 e. The van der Waals surface area contributed by atoms with E-state index in [1.165, 1.54) is 33.3 Å². The summed E-state index contributed by atoms with van der Waals surface area (Å²) in [5.41, 5.74) is 1.43. The van der Waals surface area contributed by atoms with Crippen molar-refractivity contribution in [1.29, 1.82) is 0 Å². The summed E-state index contributed by atoms with van der Waals surface area (Å²) in [6.07, 6.45) is 5.62. The molecule has 0 atom stereocenters. The van der Waals surface area contributed by atoms with E-state index in [0.29, 0.717) is 47.4 Å². The number of amidine groups is 2. The molecule has 2 fully saturated rings. The van der Waals surface area contributed by atoms with E-state index in [1.54, 1.807) is 0 Å². The van der Waals surface area contributed by atoms with Gasteiger partial charge in [0, 0.05) is 12.8 Å². The number of unbranched alkanes of at least 4 members (excludes halogenated alkanes) is 5. The topological polar surface area (TPSA) is 99.5 Å². The van der Waals surface area contributed by atoms with Crippen LogP contribution in [0, 0.1) is 0 Å². The van der Waals surface area contributed by atoms with Crippen molar-refractivity contribution in [2.45, 2.75) is 51.4 Å². The van der Waals surface area contributed by atoms with Gasteiger partial charge in [-0.05, 0) is 37.1 Å². The molecule has 38 heavy (non-hydrogen) atoms. The molecule has 0 N–H and O–H groups in total. The van der Waals surface area contributed by atoms with E-state index in [1.807, 2.05) is 60.7 Å². The molecule has 2 saturated heterocycles. The number of hydrogen-bond acceptors (Lipinski definition) is 8. The normalized spacial score (nSPS) is 17.7. The Balaban J connectivity index is 1.13. The van der Waals surface area contributed by atoms with Gasteiger partial charge in [0.25, 0.3) is 0 Å². The third-order valence-electron chi connectivity index (χ3n) is 6.02. The van der Waals surface area contributed by atoms with Crippen molar-refractivity contribution in [3.05, 3.63) is 60.7 Å². The van der Waals surface area contributed by atoms with Gasteiger partial charge in [-0.2, -0.15) is 0 Å². The van der Waals surface area contributed by atoms with Crippen LogP contribution in [0.1, 0.15) is 51.4 Å². The minimum absolute atomic E-state index is 0.207. The zero-order valence-electron chi connectivity index (χ0n) is 21.1. The highest BCUT2D eigenvalue weighted by Crippen LogP contribution is 2.26. The first-order valence-corrected chi connectivity index (χ1v) is 14.7. The number of nitrogens with zero attached hydrogens (tertiary/aromatic N) is 4. The monoisotopic (exact) mass is 550 g/mol. The molecule has 10 heteroatoms. The highest BCUT2D eigenvalue weighted by Gasteiger charge is 2.34. The summed E-state index contributed by atoms with van der Waals surface area (Å²) in [4.78, 5) is 61.2. The van der Waals surface area contributed by atoms with Crippen LogP contribution in [0.25, 0.3) is 0 Å². The predicted octanol–water partition coefficient (Wildman–Crippen LogP) is 5.69. The third kappa shape index (κ3) is 7.64. The molecule has 2 aromatic rings. The first kappa shape index (κ1) is 27.8. The molecule has 0 aliphatic carbocycles. The van der Waals surface area contributed by atoms with Gasteiger partial charge in [0.15, 0.2) is 10.3 Å². The van der Waals surface area contributed by atoms with Gasteiger partial charge in [-0.3, -0.25) is 19.2 Å². The molecule has 0 radical (unpaired) electrons. The Hall–Kier alpha value is -3.24. The number of carbonyl (C=O) groups excluding carboxylic acids is 4. The van der Waals surface area contributed by atoms with Crippen molar-refractivity contribution < 1.29 is 19.2 Å². The van der Waals surface area contributed by atoms with Crippen LogP contribution in [0.4, 0.5) is 11.4 Å². The molecular weight excluding hydrogens is 520 g/mol. The lowest BCUT2D eigenvalue weighted by Gasteiger charge is -2.14. The van der Waals surface area contributed by atoms with E-state index in [2.05, 4.69) is 9.98 Å². The molecule has 0 bridgehead atoms. The summed E-state index contributed by atoms with van der Waals surface area (Å²) >= 11 is 2.58. The minimum Gasteiger partial charge on any atom is -0.274 e. The van der Waals surface area contributed by atoms with Crippen molar-refractivity contribution in [3.63, 3.8) is 0 Å². The van der Waals surface area contributed by atoms with Crippen molar-refractivity contribution in [3.8, 4) is 0 Å². The van der Waals surface area contributed by atoms with Gasteiger partial charge in [-0.1, -0.05) is 85.6 Å². The molecule has 2 heterocycles. The molecule has 2 aliphatic rings. The number of imide groups is 2. The number of thioether (sulfide) groups is 2. The second-order valence-corrected chi connectivity index (χ2v) is 10.8.